The molecule has 21 N–H and O–H groups in total. The van der Waals surface area contributed by atoms with Gasteiger partial charge in [0.1, 0.15) is 28.6 Å². The van der Waals surface area contributed by atoms with Gasteiger partial charge in [-0.15, -0.1) is 0 Å². The van der Waals surface area contributed by atoms with Crippen molar-refractivity contribution in [3.8, 4) is 44.5 Å². The summed E-state index contributed by atoms with van der Waals surface area (Å²) >= 11 is 0. The third-order valence-electron chi connectivity index (χ3n) is 20.4. The minimum atomic E-state index is -0.548. The summed E-state index contributed by atoms with van der Waals surface area (Å²) in [5.74, 6) is -0.657. The number of fused-ring (bicyclic) bond motifs is 4. The number of H-pyrrole nitrogens is 4. The number of nitrogens with one attached hydrogen (secondary N) is 9. The van der Waals surface area contributed by atoms with Crippen molar-refractivity contribution in [1.29, 1.82) is 0 Å². The molecule has 13 rings (SSSR count). The Morgan fingerprint density at radius 1 is 0.413 bits per heavy atom. The smallest absolute Gasteiger partial charge is 0.270 e. The van der Waals surface area contributed by atoms with Crippen molar-refractivity contribution in [1.82, 2.24) is 46.5 Å². The summed E-state index contributed by atoms with van der Waals surface area (Å²) in [4.78, 5) is 63.0. The summed E-state index contributed by atoms with van der Waals surface area (Å²) in [5.41, 5.74) is 54.4. The van der Waals surface area contributed by atoms with Gasteiger partial charge in [0.2, 0.25) is 0 Å². The lowest BCUT2D eigenvalue weighted by Crippen LogP contribution is -2.37. The van der Waals surface area contributed by atoms with Crippen molar-refractivity contribution in [3.63, 3.8) is 0 Å². The molecule has 5 atom stereocenters. The van der Waals surface area contributed by atoms with E-state index in [0.29, 0.717) is 98.1 Å². The predicted molar refractivity (Wildman–Crippen MR) is 442 cm³/mol. The Bertz CT molecular complexity index is 4850. The summed E-state index contributed by atoms with van der Waals surface area (Å²) in [5, 5.41) is 18.7. The molecule has 1 fully saturated rings. The first-order chi connectivity index (χ1) is 52.5. The van der Waals surface area contributed by atoms with Crippen LogP contribution in [0.4, 0.5) is 8.78 Å². The molecule has 1 saturated heterocycles. The lowest BCUT2D eigenvalue weighted by atomic mass is 10.0. The highest BCUT2D eigenvalue weighted by Crippen LogP contribution is 2.33. The van der Waals surface area contributed by atoms with Gasteiger partial charge in [-0.25, -0.2) is 8.78 Å². The zero-order valence-corrected chi connectivity index (χ0v) is 63.7. The maximum Gasteiger partial charge on any atom is 0.270 e. The van der Waals surface area contributed by atoms with Crippen LogP contribution in [0.1, 0.15) is 127 Å². The average molecular weight is 1480 g/mol. The molecular weight excluding hydrogens is 1370 g/mol. The van der Waals surface area contributed by atoms with Crippen LogP contribution in [-0.4, -0.2) is 121 Å². The highest BCUT2D eigenvalue weighted by atomic mass is 19.1. The predicted octanol–water partition coefficient (Wildman–Crippen LogP) is 13.8. The van der Waals surface area contributed by atoms with E-state index in [1.165, 1.54) is 39.9 Å². The first kappa shape index (κ1) is 80.9. The van der Waals surface area contributed by atoms with Crippen molar-refractivity contribution in [3.05, 3.63) is 238 Å². The molecule has 0 radical (unpaired) electrons. The van der Waals surface area contributed by atoms with Crippen LogP contribution in [0.3, 0.4) is 0 Å². The quantitative estimate of drug-likeness (QED) is 0.0242. The standard InChI is InChI=1S/C23H28N4O.C22H26FN3O.C22H28N4O.C21H25FN4O/c1-14-3-5-17(6-4-14)18-7-8-20-15(2)22(27-21(20)10-18)23(28)26-13-19-9-16(11-24)12-25-19;1-14(4-3-11-24)13-25-22(27)21-15(2)19-10-7-17(12-20(19)26-21)16-5-8-18(23)9-6-16;1-14-5-7-16(8-6-14)17-9-10-20-19(12-17)15(2)21(26-20)22(27)25-13-18(24)4-3-11-23;1-13-4-6-14(7-5-13)15-8-9-17-18(11-15)26-20(19(17)22)21(27)25-12-16(24)3-2-10-23/h3-8,10,16,19,25,27H,9,11-13,24H2,1-2H3,(H,26,28);5-10,12,14,26H,3-4,11,13,24H2,1-2H3,(H,25,27);5-10,12,18,26H,3-4,11,13,23-24H2,1-2H3,(H,25,27);4-9,11,16,26H,2-3,10,12,23-24H2,1H3,(H,25,27)/t16-,19+;14-;18-;16-/m1000/s1. The highest BCUT2D eigenvalue weighted by Gasteiger charge is 2.26. The first-order valence-electron chi connectivity index (χ1n) is 37.9. The second-order valence-electron chi connectivity index (χ2n) is 29.0. The maximum absolute atomic E-state index is 14.7. The molecule has 0 aliphatic carbocycles. The summed E-state index contributed by atoms with van der Waals surface area (Å²) in [6, 6.07) is 55.4. The Morgan fingerprint density at radius 3 is 1.22 bits per heavy atom. The average Bonchev–Trinajstić information content (AvgIpc) is 1.67. The number of hydrogen-bond donors (Lipinski definition) is 15. The van der Waals surface area contributed by atoms with E-state index >= 15 is 0 Å². The third kappa shape index (κ3) is 21.2. The molecule has 12 aromatic rings. The van der Waals surface area contributed by atoms with Gasteiger partial charge in [0.15, 0.2) is 5.82 Å². The van der Waals surface area contributed by atoms with E-state index in [1.807, 2.05) is 88.4 Å². The van der Waals surface area contributed by atoms with E-state index < -0.39 is 11.7 Å². The lowest BCUT2D eigenvalue weighted by molar-refractivity contribution is 0.0934. The monoisotopic (exact) mass is 1480 g/mol. The number of carbonyl (C=O) groups excluding carboxylic acids is 4. The Balaban J connectivity index is 0.000000155. The fourth-order valence-corrected chi connectivity index (χ4v) is 13.7. The van der Waals surface area contributed by atoms with Crippen molar-refractivity contribution in [2.24, 2.45) is 46.2 Å². The van der Waals surface area contributed by atoms with Crippen LogP contribution in [0.25, 0.3) is 88.1 Å². The Hall–Kier alpha value is -10.6. The van der Waals surface area contributed by atoms with E-state index in [1.54, 1.807) is 18.2 Å². The molecule has 1 aliphatic rings. The number of aryl methyl sites for hydroxylation is 6. The number of nitrogens with two attached hydrogens (primary N) is 6. The number of aromatic nitrogens is 4. The van der Waals surface area contributed by atoms with Crippen LogP contribution in [0.5, 0.6) is 0 Å². The lowest BCUT2D eigenvalue weighted by Gasteiger charge is -2.12. The minimum absolute atomic E-state index is 0.0522. The molecule has 0 unspecified atom stereocenters. The molecular formula is C88H107F2N15O4. The fourth-order valence-electron chi connectivity index (χ4n) is 13.7. The molecule has 4 amide bonds. The number of hydrogen-bond acceptors (Lipinski definition) is 11. The number of carbonyl (C=O) groups is 4. The fraction of sp³-hybridized carbons (Fsp3) is 0.318. The van der Waals surface area contributed by atoms with Crippen LogP contribution in [0, 0.1) is 65.0 Å². The molecule has 109 heavy (non-hydrogen) atoms. The number of aromatic amines is 4. The van der Waals surface area contributed by atoms with Gasteiger partial charge in [0.05, 0.1) is 0 Å². The molecule has 8 aromatic carbocycles. The van der Waals surface area contributed by atoms with Gasteiger partial charge in [-0.2, -0.15) is 0 Å². The van der Waals surface area contributed by atoms with Crippen molar-refractivity contribution < 1.29 is 28.0 Å². The minimum Gasteiger partial charge on any atom is -0.350 e. The van der Waals surface area contributed by atoms with E-state index in [9.17, 15) is 28.0 Å². The molecule has 0 spiro atoms. The van der Waals surface area contributed by atoms with Crippen LogP contribution in [0.15, 0.2) is 170 Å². The van der Waals surface area contributed by atoms with E-state index in [4.69, 9.17) is 34.4 Å². The van der Waals surface area contributed by atoms with E-state index in [-0.39, 0.29) is 47.9 Å². The van der Waals surface area contributed by atoms with Crippen molar-refractivity contribution in [2.45, 2.75) is 112 Å². The first-order valence-corrected chi connectivity index (χ1v) is 37.9. The van der Waals surface area contributed by atoms with Gasteiger partial charge in [-0.3, -0.25) is 19.2 Å². The molecule has 5 heterocycles. The van der Waals surface area contributed by atoms with Crippen LogP contribution < -0.4 is 61.0 Å². The number of benzene rings is 8. The van der Waals surface area contributed by atoms with E-state index in [2.05, 4.69) is 146 Å². The van der Waals surface area contributed by atoms with Crippen LogP contribution in [-0.2, 0) is 0 Å². The van der Waals surface area contributed by atoms with Gasteiger partial charge >= 0.3 is 0 Å². The molecule has 0 bridgehead atoms. The number of amides is 4. The third-order valence-corrected chi connectivity index (χ3v) is 20.4. The van der Waals surface area contributed by atoms with Gasteiger partial charge in [0, 0.05) is 87.9 Å². The van der Waals surface area contributed by atoms with Gasteiger partial charge in [-0.05, 0) is 241 Å². The molecule has 572 valence electrons. The van der Waals surface area contributed by atoms with Crippen LogP contribution >= 0.6 is 0 Å². The second kappa shape index (κ2) is 38.5. The Labute approximate surface area is 637 Å². The Kier molecular flexibility index (Phi) is 28.5. The molecule has 1 aliphatic heterocycles. The molecule has 4 aromatic heterocycles. The van der Waals surface area contributed by atoms with E-state index in [0.717, 1.165) is 128 Å². The topological polar surface area (TPSA) is 348 Å². The van der Waals surface area contributed by atoms with Crippen molar-refractivity contribution in [2.75, 3.05) is 58.9 Å². The number of halogens is 2. The summed E-state index contributed by atoms with van der Waals surface area (Å²) in [6.07, 6.45) is 6.17. The largest absolute Gasteiger partial charge is 0.350 e. The van der Waals surface area contributed by atoms with Gasteiger partial charge in [-0.1, -0.05) is 145 Å². The second-order valence-corrected chi connectivity index (χ2v) is 29.0. The molecule has 0 saturated carbocycles. The zero-order valence-electron chi connectivity index (χ0n) is 63.7. The summed E-state index contributed by atoms with van der Waals surface area (Å²) < 4.78 is 27.8. The highest BCUT2D eigenvalue weighted by molar-refractivity contribution is 6.04. The van der Waals surface area contributed by atoms with Crippen LogP contribution in [0.2, 0.25) is 0 Å². The number of rotatable bonds is 26. The summed E-state index contributed by atoms with van der Waals surface area (Å²) in [6.45, 7) is 19.7. The zero-order chi connectivity index (χ0) is 77.8. The molecule has 21 heteroatoms. The normalized spacial score (nSPS) is 14.1. The molecule has 19 nitrogen and oxygen atoms in total. The maximum atomic E-state index is 14.7. The Morgan fingerprint density at radius 2 is 0.771 bits per heavy atom. The van der Waals surface area contributed by atoms with Gasteiger partial charge < -0.3 is 80.9 Å². The van der Waals surface area contributed by atoms with Crippen molar-refractivity contribution >= 4 is 67.2 Å². The van der Waals surface area contributed by atoms with Gasteiger partial charge in [0.25, 0.3) is 23.6 Å². The summed E-state index contributed by atoms with van der Waals surface area (Å²) in [7, 11) is 0. The SMILES string of the molecule is Cc1c(C(=O)NC[C@@H](C)CCCN)[nH]c2cc(-c3ccc(F)cc3)ccc12.Cc1ccc(-c2ccc3[nH]c(C(=O)NC[C@@H](N)CCCN)c(C)c3c2)cc1.Cc1ccc(-c2ccc3c(C)c(C(=O)NC[C@@H]4C[C@H](CN)CN4)[nH]c3c2)cc1.Cc1ccc(-c2ccc3c(F)c(C(=O)NC[C@@H](N)CCCN)[nH]c3c2)cc1.